The van der Waals surface area contributed by atoms with Crippen LogP contribution in [0.2, 0.25) is 0 Å². The quantitative estimate of drug-likeness (QED) is 0.147. The molecular formula is C38H51FN4O3. The molecule has 1 aliphatic carbocycles. The number of amides is 1. The largest absolute Gasteiger partial charge is 0.381 e. The predicted octanol–water partition coefficient (Wildman–Crippen LogP) is 9.84. The molecule has 0 aliphatic heterocycles. The number of ether oxygens (including phenoxy) is 1. The number of benzene rings is 2. The van der Waals surface area contributed by atoms with Gasteiger partial charge in [-0.3, -0.25) is 4.79 Å². The van der Waals surface area contributed by atoms with Crippen LogP contribution in [0.4, 0.5) is 10.1 Å². The second-order valence-electron chi connectivity index (χ2n) is 13.0. The van der Waals surface area contributed by atoms with Crippen LogP contribution in [0.5, 0.6) is 0 Å². The zero-order chi connectivity index (χ0) is 33.0. The van der Waals surface area contributed by atoms with E-state index in [4.69, 9.17) is 14.2 Å². The Labute approximate surface area is 273 Å². The summed E-state index contributed by atoms with van der Waals surface area (Å²) < 4.78 is 29.1. The molecule has 0 N–H and O–H groups in total. The van der Waals surface area contributed by atoms with Crippen LogP contribution >= 0.6 is 0 Å². The van der Waals surface area contributed by atoms with Crippen molar-refractivity contribution in [2.45, 2.75) is 124 Å². The fraction of sp³-hybridized carbons (Fsp3) is 0.553. The molecule has 1 fully saturated rings. The monoisotopic (exact) mass is 630 g/mol. The Morgan fingerprint density at radius 3 is 2.37 bits per heavy atom. The van der Waals surface area contributed by atoms with Gasteiger partial charge in [-0.2, -0.15) is 0 Å². The number of imidazole rings is 1. The number of halogens is 1. The van der Waals surface area contributed by atoms with Gasteiger partial charge in [-0.1, -0.05) is 64.2 Å². The van der Waals surface area contributed by atoms with Gasteiger partial charge in [0.05, 0.1) is 28.9 Å². The Kier molecular flexibility index (Phi) is 11.0. The summed E-state index contributed by atoms with van der Waals surface area (Å²) in [4.78, 5) is 21.6. The van der Waals surface area contributed by atoms with Gasteiger partial charge in [-0.05, 0) is 93.7 Å². The van der Waals surface area contributed by atoms with E-state index < -0.39 is 0 Å². The molecule has 2 heterocycles. The van der Waals surface area contributed by atoms with Gasteiger partial charge in [-0.15, -0.1) is 0 Å². The molecule has 4 aromatic rings. The Balaban J connectivity index is 1.68. The second-order valence-corrected chi connectivity index (χ2v) is 13.0. The van der Waals surface area contributed by atoms with Gasteiger partial charge in [0.1, 0.15) is 17.4 Å². The van der Waals surface area contributed by atoms with Crippen LogP contribution < -0.4 is 4.90 Å². The molecule has 8 heteroatoms. The summed E-state index contributed by atoms with van der Waals surface area (Å²) in [5, 5.41) is 4.18. The number of fused-ring (bicyclic) bond motifs is 1. The van der Waals surface area contributed by atoms with Crippen molar-refractivity contribution >= 4 is 22.6 Å². The van der Waals surface area contributed by atoms with E-state index in [1.807, 2.05) is 37.8 Å². The average molecular weight is 631 g/mol. The lowest BCUT2D eigenvalue weighted by molar-refractivity contribution is -0.120. The molecule has 7 nitrogen and oxygen atoms in total. The predicted molar refractivity (Wildman–Crippen MR) is 183 cm³/mol. The van der Waals surface area contributed by atoms with Gasteiger partial charge in [0.25, 0.3) is 0 Å². The smallest absolute Gasteiger partial charge is 0.227 e. The number of hydrogen-bond acceptors (Lipinski definition) is 5. The van der Waals surface area contributed by atoms with Crippen LogP contribution in [0, 0.1) is 25.6 Å². The maximum absolute atomic E-state index is 15.5. The summed E-state index contributed by atoms with van der Waals surface area (Å²) in [6.07, 6.45) is 8.52. The summed E-state index contributed by atoms with van der Waals surface area (Å²) >= 11 is 0. The minimum atomic E-state index is -0.367. The number of hydrogen-bond donors (Lipinski definition) is 0. The lowest BCUT2D eigenvalue weighted by Crippen LogP contribution is -2.38. The van der Waals surface area contributed by atoms with Gasteiger partial charge < -0.3 is 18.7 Å². The van der Waals surface area contributed by atoms with Gasteiger partial charge in [0.15, 0.2) is 0 Å². The maximum atomic E-state index is 15.5. The number of aryl methyl sites for hydroxylation is 3. The SMILES string of the molecule is CCCc1ccc(N(C(=O)CC(CC)CC)C(CC)c2nc3cc(-c4c(C)noc4C)ccc3n2C2CCC(OC)CC2)cc1F. The first kappa shape index (κ1) is 33.8. The highest BCUT2D eigenvalue weighted by Crippen LogP contribution is 2.40. The van der Waals surface area contributed by atoms with Gasteiger partial charge >= 0.3 is 0 Å². The summed E-state index contributed by atoms with van der Waals surface area (Å²) in [5.41, 5.74) is 6.02. The Hall–Kier alpha value is -3.52. The first-order chi connectivity index (χ1) is 22.2. The molecule has 0 saturated heterocycles. The minimum absolute atomic E-state index is 0.0151. The molecule has 2 aromatic carbocycles. The highest BCUT2D eigenvalue weighted by Gasteiger charge is 2.34. The second kappa shape index (κ2) is 14.9. The molecule has 5 rings (SSSR count). The highest BCUT2D eigenvalue weighted by molar-refractivity contribution is 5.94. The standard InChI is InChI=1S/C38H51FN4O3/c1-8-12-27-13-15-30(23-32(27)39)42(36(44)21-26(9-2)10-3)34(11-4)38-40-33-22-28(37-24(5)41-46-25(37)6)14-20-35(33)43(38)29-16-18-31(45-7)19-17-29/h13-15,20,22-23,26,29,31,34H,8-12,16-19,21H2,1-7H3. The fourth-order valence-electron chi connectivity index (χ4n) is 7.39. The fourth-order valence-corrected chi connectivity index (χ4v) is 7.39. The Morgan fingerprint density at radius 1 is 1.04 bits per heavy atom. The van der Waals surface area contributed by atoms with E-state index in [2.05, 4.69) is 48.7 Å². The summed E-state index contributed by atoms with van der Waals surface area (Å²) in [5.74, 6) is 1.64. The molecule has 2 aromatic heterocycles. The van der Waals surface area contributed by atoms with Crippen LogP contribution in [0.25, 0.3) is 22.2 Å². The van der Waals surface area contributed by atoms with Crippen LogP contribution in [0.1, 0.15) is 120 Å². The topological polar surface area (TPSA) is 73.4 Å². The Morgan fingerprint density at radius 2 is 1.78 bits per heavy atom. The van der Waals surface area contributed by atoms with E-state index in [-0.39, 0.29) is 35.8 Å². The van der Waals surface area contributed by atoms with E-state index >= 15 is 4.39 Å². The van der Waals surface area contributed by atoms with Crippen molar-refractivity contribution in [2.75, 3.05) is 12.0 Å². The van der Waals surface area contributed by atoms with Gasteiger partial charge in [-0.25, -0.2) is 9.37 Å². The molecule has 46 heavy (non-hydrogen) atoms. The van der Waals surface area contributed by atoms with Crippen molar-refractivity contribution in [1.82, 2.24) is 14.7 Å². The first-order valence-corrected chi connectivity index (χ1v) is 17.3. The zero-order valence-electron chi connectivity index (χ0n) is 28.7. The number of aromatic nitrogens is 3. The third kappa shape index (κ3) is 6.78. The first-order valence-electron chi connectivity index (χ1n) is 17.3. The van der Waals surface area contributed by atoms with Crippen LogP contribution in [0.3, 0.4) is 0 Å². The molecule has 1 saturated carbocycles. The molecule has 0 spiro atoms. The van der Waals surface area contributed by atoms with E-state index in [1.165, 1.54) is 0 Å². The molecule has 248 valence electrons. The summed E-state index contributed by atoms with van der Waals surface area (Å²) in [6, 6.07) is 11.6. The normalized spacial score (nSPS) is 17.6. The van der Waals surface area contributed by atoms with Crippen molar-refractivity contribution in [3.8, 4) is 11.1 Å². The highest BCUT2D eigenvalue weighted by atomic mass is 19.1. The maximum Gasteiger partial charge on any atom is 0.227 e. The lowest BCUT2D eigenvalue weighted by Gasteiger charge is -2.35. The number of methoxy groups -OCH3 is 1. The average Bonchev–Trinajstić information content (AvgIpc) is 3.61. The summed E-state index contributed by atoms with van der Waals surface area (Å²) in [6.45, 7) is 12.3. The molecule has 0 radical (unpaired) electrons. The van der Waals surface area contributed by atoms with Crippen LogP contribution in [0.15, 0.2) is 40.9 Å². The van der Waals surface area contributed by atoms with Crippen LogP contribution in [-0.2, 0) is 16.0 Å². The number of carbonyl (C=O) groups excluding carboxylic acids is 1. The molecule has 0 bridgehead atoms. The number of carbonyl (C=O) groups is 1. The Bertz CT molecular complexity index is 1610. The van der Waals surface area contributed by atoms with E-state index in [1.54, 1.807) is 13.2 Å². The van der Waals surface area contributed by atoms with E-state index in [0.717, 1.165) is 84.4 Å². The summed E-state index contributed by atoms with van der Waals surface area (Å²) in [7, 11) is 1.79. The van der Waals surface area contributed by atoms with Crippen molar-refractivity contribution in [3.63, 3.8) is 0 Å². The molecule has 1 atom stereocenters. The molecular weight excluding hydrogens is 579 g/mol. The van der Waals surface area contributed by atoms with E-state index in [0.29, 0.717) is 30.5 Å². The zero-order valence-corrected chi connectivity index (χ0v) is 28.7. The third-order valence-electron chi connectivity index (χ3n) is 10.1. The van der Waals surface area contributed by atoms with Crippen molar-refractivity contribution in [1.29, 1.82) is 0 Å². The van der Waals surface area contributed by atoms with Crippen molar-refractivity contribution in [3.05, 3.63) is 65.1 Å². The van der Waals surface area contributed by atoms with Crippen LogP contribution in [-0.4, -0.2) is 33.8 Å². The number of anilines is 1. The lowest BCUT2D eigenvalue weighted by atomic mass is 9.92. The third-order valence-corrected chi connectivity index (χ3v) is 10.1. The number of rotatable bonds is 13. The van der Waals surface area contributed by atoms with Crippen molar-refractivity contribution < 1.29 is 18.4 Å². The van der Waals surface area contributed by atoms with Gasteiger partial charge in [0, 0.05) is 30.8 Å². The number of nitrogens with zero attached hydrogens (tertiary/aromatic N) is 4. The van der Waals surface area contributed by atoms with E-state index in [9.17, 15) is 4.79 Å². The van der Waals surface area contributed by atoms with Crippen molar-refractivity contribution in [2.24, 2.45) is 5.92 Å². The molecule has 1 aliphatic rings. The van der Waals surface area contributed by atoms with Gasteiger partial charge in [0.2, 0.25) is 5.91 Å². The molecule has 1 unspecified atom stereocenters. The molecule has 1 amide bonds. The minimum Gasteiger partial charge on any atom is -0.381 e.